The lowest BCUT2D eigenvalue weighted by Gasteiger charge is -2.08. The van der Waals surface area contributed by atoms with E-state index in [0.29, 0.717) is 17.4 Å². The number of aromatic amines is 1. The van der Waals surface area contributed by atoms with Gasteiger partial charge in [0.2, 0.25) is 0 Å². The van der Waals surface area contributed by atoms with Gasteiger partial charge in [-0.3, -0.25) is 14.5 Å². The molecule has 0 aliphatic heterocycles. The van der Waals surface area contributed by atoms with Gasteiger partial charge in [0.15, 0.2) is 0 Å². The molecule has 6 nitrogen and oxygen atoms in total. The normalized spacial score (nSPS) is 11.0. The third-order valence-corrected chi connectivity index (χ3v) is 4.43. The molecule has 0 spiro atoms. The van der Waals surface area contributed by atoms with Gasteiger partial charge in [0, 0.05) is 18.3 Å². The van der Waals surface area contributed by atoms with E-state index in [4.69, 9.17) is 4.74 Å². The molecular formula is C20H18N4O2. The highest BCUT2D eigenvalue weighted by Crippen LogP contribution is 2.20. The molecule has 0 bridgehead atoms. The van der Waals surface area contributed by atoms with Gasteiger partial charge in [-0.1, -0.05) is 18.2 Å². The van der Waals surface area contributed by atoms with Crippen LogP contribution in [0.25, 0.3) is 22.0 Å². The van der Waals surface area contributed by atoms with E-state index < -0.39 is 0 Å². The second kappa shape index (κ2) is 6.84. The smallest absolute Gasteiger partial charge is 0.261 e. The molecule has 0 unspecified atom stereocenters. The van der Waals surface area contributed by atoms with Gasteiger partial charge in [-0.15, -0.1) is 0 Å². The fourth-order valence-electron chi connectivity index (χ4n) is 2.98. The fraction of sp³-hybridized carbons (Fsp3) is 0.150. The van der Waals surface area contributed by atoms with E-state index in [9.17, 15) is 4.79 Å². The summed E-state index contributed by atoms with van der Waals surface area (Å²) < 4.78 is 6.90. The van der Waals surface area contributed by atoms with Crippen LogP contribution >= 0.6 is 0 Å². The Morgan fingerprint density at radius 3 is 2.88 bits per heavy atom. The van der Waals surface area contributed by atoms with Crippen molar-refractivity contribution in [2.45, 2.75) is 13.0 Å². The van der Waals surface area contributed by atoms with Crippen LogP contribution < -0.4 is 10.3 Å². The van der Waals surface area contributed by atoms with Crippen molar-refractivity contribution in [3.05, 3.63) is 77.1 Å². The van der Waals surface area contributed by atoms with Gasteiger partial charge in [-0.05, 0) is 41.8 Å². The van der Waals surface area contributed by atoms with Crippen LogP contribution in [0.1, 0.15) is 5.56 Å². The maximum Gasteiger partial charge on any atom is 0.261 e. The third kappa shape index (κ3) is 3.09. The van der Waals surface area contributed by atoms with Gasteiger partial charge in [0.1, 0.15) is 5.75 Å². The quantitative estimate of drug-likeness (QED) is 0.603. The first-order chi connectivity index (χ1) is 12.7. The van der Waals surface area contributed by atoms with Crippen molar-refractivity contribution in [1.29, 1.82) is 0 Å². The van der Waals surface area contributed by atoms with E-state index in [0.717, 1.165) is 28.9 Å². The number of ether oxygens (including phenoxy) is 1. The molecule has 0 fully saturated rings. The predicted octanol–water partition coefficient (Wildman–Crippen LogP) is 3.04. The van der Waals surface area contributed by atoms with Crippen LogP contribution in [-0.2, 0) is 13.0 Å². The summed E-state index contributed by atoms with van der Waals surface area (Å²) in [4.78, 5) is 17.3. The number of rotatable bonds is 5. The molecule has 0 amide bonds. The molecule has 4 aromatic rings. The lowest BCUT2D eigenvalue weighted by Crippen LogP contribution is -2.21. The average Bonchev–Trinajstić information content (AvgIpc) is 3.22. The average molecular weight is 346 g/mol. The summed E-state index contributed by atoms with van der Waals surface area (Å²) in [5, 5.41) is 7.36. The Labute approximate surface area is 150 Å². The van der Waals surface area contributed by atoms with E-state index in [2.05, 4.69) is 15.2 Å². The highest BCUT2D eigenvalue weighted by Gasteiger charge is 2.07. The number of H-pyrrole nitrogens is 1. The summed E-state index contributed by atoms with van der Waals surface area (Å²) in [6.45, 7) is 0.560. The summed E-state index contributed by atoms with van der Waals surface area (Å²) in [5.41, 5.74) is 3.65. The number of benzene rings is 2. The maximum atomic E-state index is 12.9. The molecule has 1 N–H and O–H groups in total. The Bertz CT molecular complexity index is 1100. The molecule has 0 saturated carbocycles. The zero-order valence-electron chi connectivity index (χ0n) is 14.3. The lowest BCUT2D eigenvalue weighted by molar-refractivity contribution is 0.414. The zero-order chi connectivity index (χ0) is 17.9. The van der Waals surface area contributed by atoms with Crippen molar-refractivity contribution in [1.82, 2.24) is 19.7 Å². The van der Waals surface area contributed by atoms with Gasteiger partial charge >= 0.3 is 0 Å². The van der Waals surface area contributed by atoms with Crippen LogP contribution in [0.2, 0.25) is 0 Å². The van der Waals surface area contributed by atoms with Crippen LogP contribution in [0, 0.1) is 0 Å². The minimum atomic E-state index is -0.0387. The maximum absolute atomic E-state index is 12.9. The Kier molecular flexibility index (Phi) is 4.23. The molecule has 0 aliphatic rings. The minimum absolute atomic E-state index is 0.0387. The zero-order valence-corrected chi connectivity index (χ0v) is 14.3. The van der Waals surface area contributed by atoms with E-state index in [1.165, 1.54) is 0 Å². The predicted molar refractivity (Wildman–Crippen MR) is 100 cm³/mol. The topological polar surface area (TPSA) is 72.8 Å². The van der Waals surface area contributed by atoms with Crippen molar-refractivity contribution >= 4 is 10.9 Å². The summed E-state index contributed by atoms with van der Waals surface area (Å²) in [6, 6.07) is 13.6. The van der Waals surface area contributed by atoms with Crippen molar-refractivity contribution in [3.8, 4) is 16.9 Å². The van der Waals surface area contributed by atoms with E-state index in [-0.39, 0.29) is 5.56 Å². The number of nitrogens with zero attached hydrogens (tertiary/aromatic N) is 3. The van der Waals surface area contributed by atoms with Crippen LogP contribution in [0.4, 0.5) is 0 Å². The van der Waals surface area contributed by atoms with Crippen molar-refractivity contribution in [3.63, 3.8) is 0 Å². The molecule has 2 aromatic heterocycles. The standard InChI is InChI=1S/C20H18N4O2/c1-26-17-4-2-3-14(9-17)7-8-24-13-21-19-6-5-15(10-18(19)20(24)25)16-11-22-23-12-16/h2-6,9-13H,7-8H2,1H3,(H,22,23). The number of aryl methyl sites for hydroxylation is 2. The van der Waals surface area contributed by atoms with E-state index in [1.807, 2.05) is 42.5 Å². The highest BCUT2D eigenvalue weighted by atomic mass is 16.5. The summed E-state index contributed by atoms with van der Waals surface area (Å²) in [5.74, 6) is 0.816. The first kappa shape index (κ1) is 16.1. The number of nitrogens with one attached hydrogen (secondary N) is 1. The molecule has 26 heavy (non-hydrogen) atoms. The number of hydrogen-bond donors (Lipinski definition) is 1. The molecule has 2 heterocycles. The van der Waals surface area contributed by atoms with Crippen LogP contribution in [0.15, 0.2) is 66.0 Å². The number of hydrogen-bond acceptors (Lipinski definition) is 4. The monoisotopic (exact) mass is 346 g/mol. The molecule has 4 rings (SSSR count). The van der Waals surface area contributed by atoms with Crippen molar-refractivity contribution in [2.24, 2.45) is 0 Å². The lowest BCUT2D eigenvalue weighted by atomic mass is 10.1. The molecule has 0 atom stereocenters. The second-order valence-corrected chi connectivity index (χ2v) is 6.06. The van der Waals surface area contributed by atoms with Gasteiger partial charge in [0.25, 0.3) is 5.56 Å². The minimum Gasteiger partial charge on any atom is -0.497 e. The Balaban J connectivity index is 1.65. The van der Waals surface area contributed by atoms with Crippen LogP contribution in [0.3, 0.4) is 0 Å². The van der Waals surface area contributed by atoms with E-state index in [1.54, 1.807) is 30.4 Å². The first-order valence-electron chi connectivity index (χ1n) is 8.36. The summed E-state index contributed by atoms with van der Waals surface area (Å²) in [6.07, 6.45) is 5.88. The van der Waals surface area contributed by atoms with Gasteiger partial charge in [-0.2, -0.15) is 5.10 Å². The molecule has 0 saturated heterocycles. The van der Waals surface area contributed by atoms with Crippen LogP contribution in [0.5, 0.6) is 5.75 Å². The molecule has 0 radical (unpaired) electrons. The van der Waals surface area contributed by atoms with Crippen LogP contribution in [-0.4, -0.2) is 26.9 Å². The molecule has 2 aromatic carbocycles. The SMILES string of the molecule is COc1cccc(CCn2cnc3ccc(-c4cn[nH]c4)cc3c2=O)c1. The number of aromatic nitrogens is 4. The molecule has 130 valence electrons. The van der Waals surface area contributed by atoms with Crippen molar-refractivity contribution in [2.75, 3.05) is 7.11 Å². The first-order valence-corrected chi connectivity index (χ1v) is 8.36. The Hall–Kier alpha value is -3.41. The second-order valence-electron chi connectivity index (χ2n) is 6.06. The van der Waals surface area contributed by atoms with Crippen molar-refractivity contribution < 1.29 is 4.74 Å². The summed E-state index contributed by atoms with van der Waals surface area (Å²) in [7, 11) is 1.65. The number of methoxy groups -OCH3 is 1. The largest absolute Gasteiger partial charge is 0.497 e. The van der Waals surface area contributed by atoms with Gasteiger partial charge in [0.05, 0.1) is 30.5 Å². The van der Waals surface area contributed by atoms with E-state index >= 15 is 0 Å². The Morgan fingerprint density at radius 1 is 1.15 bits per heavy atom. The highest BCUT2D eigenvalue weighted by molar-refractivity contribution is 5.83. The molecular weight excluding hydrogens is 328 g/mol. The summed E-state index contributed by atoms with van der Waals surface area (Å²) >= 11 is 0. The van der Waals surface area contributed by atoms with Gasteiger partial charge < -0.3 is 4.74 Å². The molecule has 0 aliphatic carbocycles. The Morgan fingerprint density at radius 2 is 2.08 bits per heavy atom. The van der Waals surface area contributed by atoms with Gasteiger partial charge in [-0.25, -0.2) is 4.98 Å². The molecule has 6 heteroatoms. The fourth-order valence-corrected chi connectivity index (χ4v) is 2.98. The number of fused-ring (bicyclic) bond motifs is 1. The third-order valence-electron chi connectivity index (χ3n) is 4.43.